The Morgan fingerprint density at radius 1 is 1.58 bits per heavy atom. The van der Waals surface area contributed by atoms with Crippen molar-refractivity contribution in [2.75, 3.05) is 18.4 Å². The summed E-state index contributed by atoms with van der Waals surface area (Å²) < 4.78 is 1.89. The highest BCUT2D eigenvalue weighted by Gasteiger charge is 2.22. The number of carbonyl (C=O) groups excluding carboxylic acids is 1. The van der Waals surface area contributed by atoms with Crippen LogP contribution in [0.2, 0.25) is 0 Å². The van der Waals surface area contributed by atoms with Crippen molar-refractivity contribution < 1.29 is 4.79 Å². The van der Waals surface area contributed by atoms with E-state index in [1.54, 1.807) is 13.1 Å². The first-order valence-electron chi connectivity index (χ1n) is 6.22. The van der Waals surface area contributed by atoms with Gasteiger partial charge in [0.25, 0.3) is 0 Å². The number of carbonyl (C=O) groups is 1. The molecule has 2 heterocycles. The maximum Gasteiger partial charge on any atom is 0.219 e. The summed E-state index contributed by atoms with van der Waals surface area (Å²) in [5.74, 6) is 0.137. The lowest BCUT2D eigenvalue weighted by Gasteiger charge is -2.31. The van der Waals surface area contributed by atoms with Crippen LogP contribution in [-0.4, -0.2) is 46.4 Å². The van der Waals surface area contributed by atoms with Gasteiger partial charge in [0.2, 0.25) is 11.9 Å². The van der Waals surface area contributed by atoms with Crippen LogP contribution in [0.25, 0.3) is 0 Å². The highest BCUT2D eigenvalue weighted by Crippen LogP contribution is 2.23. The molecule has 0 aliphatic carbocycles. The number of likely N-dealkylation sites (tertiary alicyclic amines) is 1. The van der Waals surface area contributed by atoms with E-state index in [4.69, 9.17) is 5.41 Å². The summed E-state index contributed by atoms with van der Waals surface area (Å²) in [7, 11) is 0. The fourth-order valence-corrected chi connectivity index (χ4v) is 2.22. The van der Waals surface area contributed by atoms with Gasteiger partial charge in [-0.1, -0.05) is 0 Å². The Morgan fingerprint density at radius 3 is 2.84 bits per heavy atom. The Kier molecular flexibility index (Phi) is 3.94. The van der Waals surface area contributed by atoms with Crippen molar-refractivity contribution in [1.29, 1.82) is 5.41 Å². The first kappa shape index (κ1) is 13.3. The second kappa shape index (κ2) is 5.64. The van der Waals surface area contributed by atoms with Crippen molar-refractivity contribution in [3.05, 3.63) is 12.4 Å². The van der Waals surface area contributed by atoms with Crippen LogP contribution in [0.15, 0.2) is 17.4 Å². The first-order valence-corrected chi connectivity index (χ1v) is 6.22. The molecule has 0 spiro atoms. The number of piperidine rings is 1. The Hall–Kier alpha value is -2.18. The summed E-state index contributed by atoms with van der Waals surface area (Å²) in [6, 6.07) is 0.303. The van der Waals surface area contributed by atoms with Crippen LogP contribution in [0.4, 0.5) is 5.69 Å². The van der Waals surface area contributed by atoms with Gasteiger partial charge in [-0.2, -0.15) is 5.10 Å². The molecule has 7 heteroatoms. The van der Waals surface area contributed by atoms with E-state index < -0.39 is 0 Å². The Bertz CT molecular complexity index is 486. The van der Waals surface area contributed by atoms with Gasteiger partial charge >= 0.3 is 0 Å². The zero-order valence-electron chi connectivity index (χ0n) is 11.0. The van der Waals surface area contributed by atoms with E-state index in [2.05, 4.69) is 22.1 Å². The van der Waals surface area contributed by atoms with E-state index in [-0.39, 0.29) is 11.9 Å². The molecule has 0 aromatic carbocycles. The zero-order chi connectivity index (χ0) is 13.8. The average molecular weight is 262 g/mol. The highest BCUT2D eigenvalue weighted by atomic mass is 16.2. The molecular formula is C12H18N6O. The lowest BCUT2D eigenvalue weighted by atomic mass is 10.1. The molecule has 1 amide bonds. The van der Waals surface area contributed by atoms with E-state index in [0.29, 0.717) is 6.04 Å². The van der Waals surface area contributed by atoms with Crippen LogP contribution in [0.1, 0.15) is 25.8 Å². The minimum Gasteiger partial charge on any atom is -0.343 e. The van der Waals surface area contributed by atoms with Crippen molar-refractivity contribution in [1.82, 2.24) is 14.7 Å². The standard InChI is InChI=1S/C12H18N6O/c1-9(19)17-5-3-11(4-6-17)18-8-10(7-15-18)16-12(13)14-2/h7-8,11H,2-6H2,1H3,(H2,13,16). The third-order valence-electron chi connectivity index (χ3n) is 3.31. The summed E-state index contributed by atoms with van der Waals surface area (Å²) in [4.78, 5) is 16.6. The number of nitrogens with one attached hydrogen (secondary N) is 2. The summed E-state index contributed by atoms with van der Waals surface area (Å²) >= 11 is 0. The second-order valence-electron chi connectivity index (χ2n) is 4.58. The molecule has 0 bridgehead atoms. The molecule has 2 N–H and O–H groups in total. The molecule has 102 valence electrons. The van der Waals surface area contributed by atoms with Crippen molar-refractivity contribution in [2.45, 2.75) is 25.8 Å². The number of anilines is 1. The summed E-state index contributed by atoms with van der Waals surface area (Å²) in [5.41, 5.74) is 0.728. The Morgan fingerprint density at radius 2 is 2.26 bits per heavy atom. The number of guanidine groups is 1. The van der Waals surface area contributed by atoms with Crippen LogP contribution in [0.5, 0.6) is 0 Å². The van der Waals surface area contributed by atoms with Crippen LogP contribution in [0, 0.1) is 5.41 Å². The molecule has 19 heavy (non-hydrogen) atoms. The third-order valence-corrected chi connectivity index (χ3v) is 3.31. The largest absolute Gasteiger partial charge is 0.343 e. The highest BCUT2D eigenvalue weighted by molar-refractivity contribution is 5.93. The van der Waals surface area contributed by atoms with Gasteiger partial charge in [-0.25, -0.2) is 4.99 Å². The molecule has 1 fully saturated rings. The monoisotopic (exact) mass is 262 g/mol. The lowest BCUT2D eigenvalue weighted by molar-refractivity contribution is -0.130. The van der Waals surface area contributed by atoms with Crippen LogP contribution in [0.3, 0.4) is 0 Å². The molecular weight excluding hydrogens is 244 g/mol. The normalized spacial score (nSPS) is 16.2. The minimum absolute atomic E-state index is 0.00551. The van der Waals surface area contributed by atoms with E-state index in [0.717, 1.165) is 31.6 Å². The SMILES string of the molecule is C=NC(=N)Nc1cnn(C2CCN(C(C)=O)CC2)c1. The number of aromatic nitrogens is 2. The van der Waals surface area contributed by atoms with Gasteiger partial charge in [0.15, 0.2) is 0 Å². The van der Waals surface area contributed by atoms with E-state index in [1.807, 2.05) is 15.8 Å². The molecule has 7 nitrogen and oxygen atoms in total. The van der Waals surface area contributed by atoms with Gasteiger partial charge in [0.1, 0.15) is 0 Å². The van der Waals surface area contributed by atoms with Gasteiger partial charge in [0, 0.05) is 26.2 Å². The Labute approximate surface area is 111 Å². The summed E-state index contributed by atoms with van der Waals surface area (Å²) in [6.07, 6.45) is 5.32. The van der Waals surface area contributed by atoms with Crippen molar-refractivity contribution >= 4 is 24.3 Å². The molecule has 0 unspecified atom stereocenters. The van der Waals surface area contributed by atoms with Crippen molar-refractivity contribution in [3.8, 4) is 0 Å². The molecule has 1 aliphatic heterocycles. The molecule has 0 atom stereocenters. The van der Waals surface area contributed by atoms with Crippen LogP contribution >= 0.6 is 0 Å². The number of amides is 1. The van der Waals surface area contributed by atoms with E-state index in [1.165, 1.54) is 0 Å². The van der Waals surface area contributed by atoms with Crippen molar-refractivity contribution in [3.63, 3.8) is 0 Å². The number of rotatable bonds is 2. The number of hydrogen-bond acceptors (Lipinski definition) is 3. The summed E-state index contributed by atoms with van der Waals surface area (Å²) in [6.45, 7) is 6.42. The maximum atomic E-state index is 11.3. The quantitative estimate of drug-likeness (QED) is 0.618. The predicted molar refractivity (Wildman–Crippen MR) is 73.7 cm³/mol. The van der Waals surface area contributed by atoms with Crippen LogP contribution < -0.4 is 5.32 Å². The second-order valence-corrected chi connectivity index (χ2v) is 4.58. The van der Waals surface area contributed by atoms with Gasteiger partial charge < -0.3 is 10.2 Å². The average Bonchev–Trinajstić information content (AvgIpc) is 2.87. The van der Waals surface area contributed by atoms with Gasteiger partial charge in [0.05, 0.1) is 17.9 Å². The lowest BCUT2D eigenvalue weighted by Crippen LogP contribution is -2.37. The van der Waals surface area contributed by atoms with Crippen molar-refractivity contribution in [2.24, 2.45) is 4.99 Å². The minimum atomic E-state index is 0.00551. The zero-order valence-corrected chi connectivity index (χ0v) is 11.0. The predicted octanol–water partition coefficient (Wildman–Crippen LogP) is 1.11. The molecule has 1 aliphatic rings. The third kappa shape index (κ3) is 3.18. The molecule has 1 saturated heterocycles. The fourth-order valence-electron chi connectivity index (χ4n) is 2.22. The van der Waals surface area contributed by atoms with Gasteiger partial charge in [-0.3, -0.25) is 14.9 Å². The Balaban J connectivity index is 1.95. The van der Waals surface area contributed by atoms with E-state index >= 15 is 0 Å². The van der Waals surface area contributed by atoms with E-state index in [9.17, 15) is 4.79 Å². The van der Waals surface area contributed by atoms with Gasteiger partial charge in [-0.05, 0) is 19.6 Å². The smallest absolute Gasteiger partial charge is 0.219 e. The molecule has 2 rings (SSSR count). The first-order chi connectivity index (χ1) is 9.10. The topological polar surface area (TPSA) is 86.4 Å². The maximum absolute atomic E-state index is 11.3. The number of nitrogens with zero attached hydrogens (tertiary/aromatic N) is 4. The van der Waals surface area contributed by atoms with Crippen LogP contribution in [-0.2, 0) is 4.79 Å². The number of hydrogen-bond donors (Lipinski definition) is 2. The summed E-state index contributed by atoms with van der Waals surface area (Å²) in [5, 5.41) is 14.5. The number of aliphatic imine (C=N–C) groups is 1. The molecule has 1 aromatic rings. The van der Waals surface area contributed by atoms with Gasteiger partial charge in [-0.15, -0.1) is 0 Å². The molecule has 0 saturated carbocycles. The fraction of sp³-hybridized carbons (Fsp3) is 0.500. The molecule has 1 aromatic heterocycles. The molecule has 0 radical (unpaired) electrons.